The first-order chi connectivity index (χ1) is 9.48. The Morgan fingerprint density at radius 3 is 2.85 bits per heavy atom. The second-order valence-electron chi connectivity index (χ2n) is 4.03. The molecular weight excluding hydrogens is 302 g/mol. The van der Waals surface area contributed by atoms with Crippen LogP contribution in [0.2, 0.25) is 0 Å². The molecule has 2 aromatic rings. The number of hydrogen-bond donors (Lipinski definition) is 2. The van der Waals surface area contributed by atoms with Gasteiger partial charge in [-0.05, 0) is 23.9 Å². The number of nitrogens with one attached hydrogen (secondary N) is 1. The minimum Gasteiger partial charge on any atom is -0.478 e. The van der Waals surface area contributed by atoms with Gasteiger partial charge in [0.15, 0.2) is 0 Å². The molecule has 2 rings (SSSR count). The van der Waals surface area contributed by atoms with Crippen LogP contribution < -0.4 is 4.72 Å². The van der Waals surface area contributed by atoms with Crippen molar-refractivity contribution in [1.29, 1.82) is 0 Å². The Morgan fingerprint density at radius 2 is 2.20 bits per heavy atom. The van der Waals surface area contributed by atoms with Crippen molar-refractivity contribution in [3.8, 4) is 0 Å². The van der Waals surface area contributed by atoms with Crippen LogP contribution in [0.4, 0.5) is 0 Å². The van der Waals surface area contributed by atoms with E-state index in [-0.39, 0.29) is 23.6 Å². The number of furan rings is 1. The van der Waals surface area contributed by atoms with Gasteiger partial charge < -0.3 is 9.52 Å². The summed E-state index contributed by atoms with van der Waals surface area (Å²) in [5, 5.41) is 10.8. The summed E-state index contributed by atoms with van der Waals surface area (Å²) in [6, 6.07) is 5.02. The minimum absolute atomic E-state index is 0.0362. The van der Waals surface area contributed by atoms with E-state index in [0.29, 0.717) is 6.42 Å². The summed E-state index contributed by atoms with van der Waals surface area (Å²) in [6.07, 6.45) is 1.65. The van der Waals surface area contributed by atoms with Crippen molar-refractivity contribution in [2.45, 2.75) is 13.0 Å². The van der Waals surface area contributed by atoms with Gasteiger partial charge in [-0.25, -0.2) is 17.9 Å². The molecular formula is C12H13NO5S2. The van der Waals surface area contributed by atoms with E-state index in [9.17, 15) is 13.2 Å². The van der Waals surface area contributed by atoms with Gasteiger partial charge in [-0.1, -0.05) is 6.07 Å². The Bertz CT molecular complexity index is 673. The molecule has 0 radical (unpaired) electrons. The third-order valence-corrected chi connectivity index (χ3v) is 4.89. The molecule has 6 nitrogen and oxygen atoms in total. The van der Waals surface area contributed by atoms with Gasteiger partial charge in [-0.15, -0.1) is 11.3 Å². The standard InChI is InChI=1S/C12H13NO5S2/c14-12(15)10-3-5-18-11(10)8-13-20(16,17)7-4-9-2-1-6-19-9/h1-3,5-6,13H,4,7-8H2,(H,14,15). The number of carboxylic acids is 1. The fourth-order valence-corrected chi connectivity index (χ4v) is 3.43. The van der Waals surface area contributed by atoms with Gasteiger partial charge in [0.2, 0.25) is 10.0 Å². The summed E-state index contributed by atoms with van der Waals surface area (Å²) < 4.78 is 30.9. The molecule has 0 aliphatic rings. The molecule has 108 valence electrons. The molecule has 2 aromatic heterocycles. The zero-order chi connectivity index (χ0) is 14.6. The lowest BCUT2D eigenvalue weighted by Gasteiger charge is -2.05. The van der Waals surface area contributed by atoms with Gasteiger partial charge in [0.05, 0.1) is 18.6 Å². The summed E-state index contributed by atoms with van der Waals surface area (Å²) in [4.78, 5) is 11.8. The lowest BCUT2D eigenvalue weighted by Crippen LogP contribution is -2.27. The number of carboxylic acid groups (broad SMARTS) is 1. The fourth-order valence-electron chi connectivity index (χ4n) is 1.61. The van der Waals surface area contributed by atoms with E-state index in [1.807, 2.05) is 17.5 Å². The maximum absolute atomic E-state index is 11.8. The summed E-state index contributed by atoms with van der Waals surface area (Å²) in [5.74, 6) is -1.10. The second kappa shape index (κ2) is 6.21. The highest BCUT2D eigenvalue weighted by atomic mass is 32.2. The third kappa shape index (κ3) is 3.92. The summed E-state index contributed by atoms with van der Waals surface area (Å²) >= 11 is 1.50. The van der Waals surface area contributed by atoms with Crippen LogP contribution in [0.5, 0.6) is 0 Å². The Labute approximate surface area is 120 Å². The van der Waals surface area contributed by atoms with E-state index in [2.05, 4.69) is 4.72 Å². The maximum Gasteiger partial charge on any atom is 0.339 e. The Kier molecular flexibility index (Phi) is 4.58. The lowest BCUT2D eigenvalue weighted by atomic mass is 10.2. The molecule has 0 amide bonds. The van der Waals surface area contributed by atoms with Crippen LogP contribution in [0.3, 0.4) is 0 Å². The van der Waals surface area contributed by atoms with E-state index in [1.165, 1.54) is 23.7 Å². The monoisotopic (exact) mass is 315 g/mol. The van der Waals surface area contributed by atoms with Crippen LogP contribution >= 0.6 is 11.3 Å². The minimum atomic E-state index is -3.47. The second-order valence-corrected chi connectivity index (χ2v) is 6.99. The molecule has 8 heteroatoms. The number of hydrogen-bond acceptors (Lipinski definition) is 5. The number of sulfonamides is 1. The molecule has 0 bridgehead atoms. The zero-order valence-electron chi connectivity index (χ0n) is 10.4. The SMILES string of the molecule is O=C(O)c1ccoc1CNS(=O)(=O)CCc1cccs1. The molecule has 0 aliphatic heterocycles. The molecule has 0 aliphatic carbocycles. The van der Waals surface area contributed by atoms with Gasteiger partial charge in [0.1, 0.15) is 11.3 Å². The largest absolute Gasteiger partial charge is 0.478 e. The molecule has 0 aromatic carbocycles. The van der Waals surface area contributed by atoms with Gasteiger partial charge in [-0.3, -0.25) is 0 Å². The molecule has 2 heterocycles. The van der Waals surface area contributed by atoms with Crippen LogP contribution in [0.1, 0.15) is 21.0 Å². The van der Waals surface area contributed by atoms with Crippen molar-refractivity contribution in [3.63, 3.8) is 0 Å². The first-order valence-corrected chi connectivity index (χ1v) is 8.30. The van der Waals surface area contributed by atoms with Gasteiger partial charge in [0.25, 0.3) is 0 Å². The summed E-state index contributed by atoms with van der Waals surface area (Å²) in [7, 11) is -3.47. The van der Waals surface area contributed by atoms with E-state index in [4.69, 9.17) is 9.52 Å². The average Bonchev–Trinajstić information content (AvgIpc) is 3.05. The van der Waals surface area contributed by atoms with E-state index in [1.54, 1.807) is 0 Å². The average molecular weight is 315 g/mol. The topological polar surface area (TPSA) is 96.6 Å². The molecule has 0 unspecified atom stereocenters. The van der Waals surface area contributed by atoms with Crippen LogP contribution in [-0.2, 0) is 23.0 Å². The van der Waals surface area contributed by atoms with E-state index in [0.717, 1.165) is 4.88 Å². The van der Waals surface area contributed by atoms with Crippen LogP contribution in [0.15, 0.2) is 34.3 Å². The van der Waals surface area contributed by atoms with Crippen molar-refractivity contribution < 1.29 is 22.7 Å². The first kappa shape index (κ1) is 14.8. The smallest absolute Gasteiger partial charge is 0.339 e. The number of aromatic carboxylic acids is 1. The van der Waals surface area contributed by atoms with Gasteiger partial charge >= 0.3 is 5.97 Å². The normalized spacial score (nSPS) is 11.6. The Hall–Kier alpha value is -1.64. The fraction of sp³-hybridized carbons (Fsp3) is 0.250. The van der Waals surface area contributed by atoms with Gasteiger partial charge in [-0.2, -0.15) is 0 Å². The number of thiophene rings is 1. The van der Waals surface area contributed by atoms with E-state index >= 15 is 0 Å². The first-order valence-electron chi connectivity index (χ1n) is 5.77. The summed E-state index contributed by atoms with van der Waals surface area (Å²) in [5.41, 5.74) is -0.0362. The third-order valence-electron chi connectivity index (χ3n) is 2.63. The number of rotatable bonds is 7. The Morgan fingerprint density at radius 1 is 1.40 bits per heavy atom. The van der Waals surface area contributed by atoms with Crippen molar-refractivity contribution in [3.05, 3.63) is 46.0 Å². The van der Waals surface area contributed by atoms with Crippen molar-refractivity contribution in [2.75, 3.05) is 5.75 Å². The van der Waals surface area contributed by atoms with E-state index < -0.39 is 16.0 Å². The molecule has 20 heavy (non-hydrogen) atoms. The molecule has 2 N–H and O–H groups in total. The predicted octanol–water partition coefficient (Wildman–Crippen LogP) is 1.70. The number of carbonyl (C=O) groups is 1. The van der Waals surface area contributed by atoms with Crippen LogP contribution in [0.25, 0.3) is 0 Å². The highest BCUT2D eigenvalue weighted by molar-refractivity contribution is 7.89. The molecule has 0 fully saturated rings. The molecule has 0 saturated heterocycles. The Balaban J connectivity index is 1.92. The van der Waals surface area contributed by atoms with Crippen LogP contribution in [-0.4, -0.2) is 25.2 Å². The maximum atomic E-state index is 11.8. The molecule has 0 saturated carbocycles. The quantitative estimate of drug-likeness (QED) is 0.810. The highest BCUT2D eigenvalue weighted by Crippen LogP contribution is 2.12. The highest BCUT2D eigenvalue weighted by Gasteiger charge is 2.16. The summed E-state index contributed by atoms with van der Waals surface area (Å²) in [6.45, 7) is -0.165. The van der Waals surface area contributed by atoms with Crippen molar-refractivity contribution in [2.24, 2.45) is 0 Å². The zero-order valence-corrected chi connectivity index (χ0v) is 12.0. The van der Waals surface area contributed by atoms with Crippen molar-refractivity contribution in [1.82, 2.24) is 4.72 Å². The number of aryl methyl sites for hydroxylation is 1. The van der Waals surface area contributed by atoms with Crippen molar-refractivity contribution >= 4 is 27.3 Å². The molecule has 0 atom stereocenters. The predicted molar refractivity (Wildman–Crippen MR) is 74.3 cm³/mol. The molecule has 0 spiro atoms. The van der Waals surface area contributed by atoms with Gasteiger partial charge in [0, 0.05) is 4.88 Å². The van der Waals surface area contributed by atoms with Crippen LogP contribution in [0, 0.1) is 0 Å². The lowest BCUT2D eigenvalue weighted by molar-refractivity contribution is 0.0694.